The van der Waals surface area contributed by atoms with Gasteiger partial charge in [-0.2, -0.15) is 0 Å². The van der Waals surface area contributed by atoms with E-state index in [2.05, 4.69) is 12.2 Å². The van der Waals surface area contributed by atoms with Crippen molar-refractivity contribution >= 4 is 6.41 Å². The molecule has 0 aliphatic heterocycles. The second-order valence-corrected chi connectivity index (χ2v) is 2.33. The maximum absolute atomic E-state index is 9.87. The van der Waals surface area contributed by atoms with E-state index in [0.29, 0.717) is 6.04 Å². The lowest BCUT2D eigenvalue weighted by Gasteiger charge is -2.07. The molecule has 0 aromatic carbocycles. The zero-order valence-electron chi connectivity index (χ0n) is 6.18. The van der Waals surface area contributed by atoms with Crippen LogP contribution in [0.2, 0.25) is 0 Å². The highest BCUT2D eigenvalue weighted by Crippen LogP contribution is 1.97. The third kappa shape index (κ3) is 5.34. The Balaban J connectivity index is 3.04. The van der Waals surface area contributed by atoms with Crippen LogP contribution in [0, 0.1) is 0 Å². The molecule has 0 bridgehead atoms. The summed E-state index contributed by atoms with van der Waals surface area (Å²) >= 11 is 0. The van der Waals surface area contributed by atoms with Gasteiger partial charge in [-0.25, -0.2) is 0 Å². The monoisotopic (exact) mass is 129 g/mol. The zero-order chi connectivity index (χ0) is 7.11. The van der Waals surface area contributed by atoms with Crippen molar-refractivity contribution in [1.82, 2.24) is 5.32 Å². The van der Waals surface area contributed by atoms with Crippen molar-refractivity contribution in [2.75, 3.05) is 0 Å². The van der Waals surface area contributed by atoms with Crippen LogP contribution in [0.3, 0.4) is 0 Å². The van der Waals surface area contributed by atoms with Crippen molar-refractivity contribution in [3.63, 3.8) is 0 Å². The number of amides is 1. The Morgan fingerprint density at radius 3 is 2.78 bits per heavy atom. The number of carbonyl (C=O) groups excluding carboxylic acids is 1. The van der Waals surface area contributed by atoms with E-state index in [1.165, 1.54) is 12.8 Å². The van der Waals surface area contributed by atoms with Crippen molar-refractivity contribution in [2.24, 2.45) is 0 Å². The van der Waals surface area contributed by atoms with Crippen molar-refractivity contribution in [1.29, 1.82) is 0 Å². The van der Waals surface area contributed by atoms with Crippen molar-refractivity contribution in [2.45, 2.75) is 39.2 Å². The van der Waals surface area contributed by atoms with E-state index < -0.39 is 0 Å². The van der Waals surface area contributed by atoms with Gasteiger partial charge >= 0.3 is 0 Å². The molecule has 0 unspecified atom stereocenters. The fourth-order valence-corrected chi connectivity index (χ4v) is 0.710. The highest BCUT2D eigenvalue weighted by Gasteiger charge is 1.95. The highest BCUT2D eigenvalue weighted by atomic mass is 16.1. The predicted octanol–water partition coefficient (Wildman–Crippen LogP) is 1.31. The molecule has 54 valence electrons. The molecule has 0 heterocycles. The van der Waals surface area contributed by atoms with E-state index in [9.17, 15) is 4.79 Å². The number of hydrogen-bond acceptors (Lipinski definition) is 1. The number of carbonyl (C=O) groups is 1. The number of nitrogens with one attached hydrogen (secondary N) is 1. The van der Waals surface area contributed by atoms with E-state index >= 15 is 0 Å². The molecule has 9 heavy (non-hydrogen) atoms. The Bertz CT molecular complexity index is 73.3. The molecule has 0 saturated carbocycles. The Morgan fingerprint density at radius 2 is 2.33 bits per heavy atom. The Kier molecular flexibility index (Phi) is 5.27. The molecular weight excluding hydrogens is 114 g/mol. The summed E-state index contributed by atoms with van der Waals surface area (Å²) in [6.45, 7) is 4.16. The molecule has 1 N–H and O–H groups in total. The lowest BCUT2D eigenvalue weighted by atomic mass is 10.1. The van der Waals surface area contributed by atoms with Gasteiger partial charge in [0.1, 0.15) is 0 Å². The minimum atomic E-state index is 0.349. The fraction of sp³-hybridized carbons (Fsp3) is 0.857. The van der Waals surface area contributed by atoms with Gasteiger partial charge in [0.25, 0.3) is 0 Å². The quantitative estimate of drug-likeness (QED) is 0.557. The summed E-state index contributed by atoms with van der Waals surface area (Å²) in [5, 5.41) is 2.70. The summed E-state index contributed by atoms with van der Waals surface area (Å²) in [6, 6.07) is 0.349. The van der Waals surface area contributed by atoms with Crippen LogP contribution in [-0.2, 0) is 4.79 Å². The third-order valence-electron chi connectivity index (χ3n) is 1.34. The number of hydrogen-bond donors (Lipinski definition) is 1. The highest BCUT2D eigenvalue weighted by molar-refractivity contribution is 5.46. The van der Waals surface area contributed by atoms with E-state index in [4.69, 9.17) is 0 Å². The molecule has 0 saturated heterocycles. The number of unbranched alkanes of at least 4 members (excludes halogenated alkanes) is 1. The second kappa shape index (κ2) is 5.60. The number of rotatable bonds is 5. The van der Waals surface area contributed by atoms with Crippen LogP contribution in [0.1, 0.15) is 33.1 Å². The molecule has 0 aromatic heterocycles. The van der Waals surface area contributed by atoms with Crippen LogP contribution < -0.4 is 5.32 Å². The van der Waals surface area contributed by atoms with Gasteiger partial charge < -0.3 is 5.32 Å². The lowest BCUT2D eigenvalue weighted by Crippen LogP contribution is -2.23. The van der Waals surface area contributed by atoms with Gasteiger partial charge in [0, 0.05) is 6.04 Å². The minimum absolute atomic E-state index is 0.349. The summed E-state index contributed by atoms with van der Waals surface area (Å²) in [5.41, 5.74) is 0. The molecule has 0 aromatic rings. The van der Waals surface area contributed by atoms with Crippen LogP contribution in [0.5, 0.6) is 0 Å². The molecule has 0 radical (unpaired) electrons. The van der Waals surface area contributed by atoms with Gasteiger partial charge in [-0.1, -0.05) is 19.8 Å². The van der Waals surface area contributed by atoms with Crippen LogP contribution in [0.25, 0.3) is 0 Å². The first-order chi connectivity index (χ1) is 4.31. The van der Waals surface area contributed by atoms with E-state index in [1.807, 2.05) is 6.92 Å². The first kappa shape index (κ1) is 8.47. The van der Waals surface area contributed by atoms with E-state index in [1.54, 1.807) is 0 Å². The lowest BCUT2D eigenvalue weighted by molar-refractivity contribution is -0.110. The molecule has 0 rings (SSSR count). The van der Waals surface area contributed by atoms with E-state index in [-0.39, 0.29) is 0 Å². The van der Waals surface area contributed by atoms with Gasteiger partial charge in [0.05, 0.1) is 0 Å². The normalized spacial score (nSPS) is 12.7. The molecular formula is C7H15NO. The van der Waals surface area contributed by atoms with Crippen LogP contribution in [0.15, 0.2) is 0 Å². The summed E-state index contributed by atoms with van der Waals surface area (Å²) in [4.78, 5) is 9.87. The average molecular weight is 129 g/mol. The fourth-order valence-electron chi connectivity index (χ4n) is 0.710. The van der Waals surface area contributed by atoms with Gasteiger partial charge in [-0.3, -0.25) is 4.79 Å². The molecule has 0 spiro atoms. The molecule has 1 amide bonds. The SMILES string of the molecule is CCCC[C@H](C)NC=O. The topological polar surface area (TPSA) is 29.1 Å². The largest absolute Gasteiger partial charge is 0.356 e. The summed E-state index contributed by atoms with van der Waals surface area (Å²) in [5.74, 6) is 0. The molecule has 0 aliphatic carbocycles. The van der Waals surface area contributed by atoms with Gasteiger partial charge in [0.15, 0.2) is 0 Å². The molecule has 2 nitrogen and oxygen atoms in total. The van der Waals surface area contributed by atoms with Crippen LogP contribution in [-0.4, -0.2) is 12.5 Å². The van der Waals surface area contributed by atoms with Crippen molar-refractivity contribution in [3.8, 4) is 0 Å². The Labute approximate surface area is 56.6 Å². The predicted molar refractivity (Wildman–Crippen MR) is 38.2 cm³/mol. The molecule has 0 aliphatic rings. The van der Waals surface area contributed by atoms with Gasteiger partial charge in [-0.05, 0) is 13.3 Å². The zero-order valence-corrected chi connectivity index (χ0v) is 6.18. The minimum Gasteiger partial charge on any atom is -0.356 e. The first-order valence-electron chi connectivity index (χ1n) is 3.51. The summed E-state index contributed by atoms with van der Waals surface area (Å²) < 4.78 is 0. The first-order valence-corrected chi connectivity index (χ1v) is 3.51. The van der Waals surface area contributed by atoms with Crippen LogP contribution in [0.4, 0.5) is 0 Å². The molecule has 1 atom stereocenters. The summed E-state index contributed by atoms with van der Waals surface area (Å²) in [7, 11) is 0. The smallest absolute Gasteiger partial charge is 0.207 e. The maximum Gasteiger partial charge on any atom is 0.207 e. The van der Waals surface area contributed by atoms with E-state index in [0.717, 1.165) is 12.8 Å². The third-order valence-corrected chi connectivity index (χ3v) is 1.34. The standard InChI is InChI=1S/C7H15NO/c1-3-4-5-7(2)8-6-9/h6-7H,3-5H2,1-2H3,(H,8,9)/t7-/m0/s1. The molecule has 0 fully saturated rings. The van der Waals surface area contributed by atoms with Gasteiger partial charge in [0.2, 0.25) is 6.41 Å². The van der Waals surface area contributed by atoms with Crippen molar-refractivity contribution < 1.29 is 4.79 Å². The Hall–Kier alpha value is -0.530. The summed E-state index contributed by atoms with van der Waals surface area (Å²) in [6.07, 6.45) is 4.25. The van der Waals surface area contributed by atoms with Crippen LogP contribution >= 0.6 is 0 Å². The van der Waals surface area contributed by atoms with Gasteiger partial charge in [-0.15, -0.1) is 0 Å². The Morgan fingerprint density at radius 1 is 1.67 bits per heavy atom. The second-order valence-electron chi connectivity index (χ2n) is 2.33. The average Bonchev–Trinajstić information content (AvgIpc) is 1.85. The maximum atomic E-state index is 9.87. The molecule has 2 heteroatoms. The van der Waals surface area contributed by atoms with Crippen molar-refractivity contribution in [3.05, 3.63) is 0 Å².